The predicted molar refractivity (Wildman–Crippen MR) is 91.6 cm³/mol. The van der Waals surface area contributed by atoms with Crippen LogP contribution in [0.25, 0.3) is 10.9 Å². The lowest BCUT2D eigenvalue weighted by Crippen LogP contribution is -2.42. The van der Waals surface area contributed by atoms with Gasteiger partial charge in [-0.2, -0.15) is 0 Å². The largest absolute Gasteiger partial charge is 0.364 e. The summed E-state index contributed by atoms with van der Waals surface area (Å²) in [6.45, 7) is 2.25. The van der Waals surface area contributed by atoms with Crippen molar-refractivity contribution in [2.24, 2.45) is 5.92 Å². The lowest BCUT2D eigenvalue weighted by molar-refractivity contribution is -0.127. The van der Waals surface area contributed by atoms with E-state index in [-0.39, 0.29) is 30.7 Å². The Kier molecular flexibility index (Phi) is 5.25. The first-order chi connectivity index (χ1) is 11.6. The molecule has 1 amide bonds. The molecule has 1 aromatic heterocycles. The molecule has 3 rings (SSSR count). The second-order valence-corrected chi connectivity index (χ2v) is 6.46. The molecule has 2 atom stereocenters. The van der Waals surface area contributed by atoms with Crippen molar-refractivity contribution in [3.8, 4) is 0 Å². The van der Waals surface area contributed by atoms with Crippen LogP contribution in [0.1, 0.15) is 38.4 Å². The molecule has 2 N–H and O–H groups in total. The van der Waals surface area contributed by atoms with E-state index in [1.54, 1.807) is 18.2 Å². The predicted octanol–water partition coefficient (Wildman–Crippen LogP) is 2.13. The van der Waals surface area contributed by atoms with Gasteiger partial charge in [0.15, 0.2) is 0 Å². The fourth-order valence-corrected chi connectivity index (χ4v) is 3.22. The van der Waals surface area contributed by atoms with Crippen LogP contribution < -0.4 is 10.9 Å². The molecule has 1 aliphatic rings. The van der Waals surface area contributed by atoms with Crippen LogP contribution in [0.5, 0.6) is 0 Å². The third-order valence-electron chi connectivity index (χ3n) is 4.59. The van der Waals surface area contributed by atoms with Gasteiger partial charge in [-0.15, -0.1) is 0 Å². The topological polar surface area (TPSA) is 84.1 Å². The van der Waals surface area contributed by atoms with Gasteiger partial charge in [0.1, 0.15) is 19.0 Å². The van der Waals surface area contributed by atoms with E-state index in [0.29, 0.717) is 22.6 Å². The second kappa shape index (κ2) is 7.57. The Labute approximate surface area is 140 Å². The summed E-state index contributed by atoms with van der Waals surface area (Å²) in [4.78, 5) is 31.0. The van der Waals surface area contributed by atoms with Crippen LogP contribution in [-0.2, 0) is 16.1 Å². The summed E-state index contributed by atoms with van der Waals surface area (Å²) in [6, 6.07) is 7.38. The highest BCUT2D eigenvalue weighted by molar-refractivity contribution is 5.78. The normalized spacial score (nSPS) is 20.9. The maximum Gasteiger partial charge on any atom is 0.258 e. The van der Waals surface area contributed by atoms with E-state index in [0.717, 1.165) is 12.8 Å². The second-order valence-electron chi connectivity index (χ2n) is 6.46. The van der Waals surface area contributed by atoms with Gasteiger partial charge in [0.25, 0.3) is 5.56 Å². The molecule has 0 saturated heterocycles. The molecule has 0 radical (unpaired) electrons. The average Bonchev–Trinajstić information content (AvgIpc) is 2.57. The van der Waals surface area contributed by atoms with Crippen molar-refractivity contribution in [2.75, 3.05) is 6.61 Å². The zero-order chi connectivity index (χ0) is 16.9. The van der Waals surface area contributed by atoms with Crippen molar-refractivity contribution in [1.29, 1.82) is 0 Å². The number of para-hydroxylation sites is 1. The zero-order valence-electron chi connectivity index (χ0n) is 13.9. The molecule has 1 fully saturated rings. The Morgan fingerprint density at radius 2 is 2.12 bits per heavy atom. The quantitative estimate of drug-likeness (QED) is 0.880. The number of ether oxygens (including phenoxy) is 1. The van der Waals surface area contributed by atoms with Crippen LogP contribution in [0.4, 0.5) is 0 Å². The summed E-state index contributed by atoms with van der Waals surface area (Å²) >= 11 is 0. The molecule has 1 heterocycles. The van der Waals surface area contributed by atoms with Gasteiger partial charge in [-0.3, -0.25) is 9.59 Å². The highest BCUT2D eigenvalue weighted by atomic mass is 16.5. The van der Waals surface area contributed by atoms with Crippen LogP contribution >= 0.6 is 0 Å². The monoisotopic (exact) mass is 329 g/mol. The number of hydrogen-bond donors (Lipinski definition) is 2. The number of H-pyrrole nitrogens is 1. The van der Waals surface area contributed by atoms with E-state index >= 15 is 0 Å². The number of aromatic nitrogens is 2. The maximum absolute atomic E-state index is 12.0. The molecule has 0 spiro atoms. The maximum atomic E-state index is 12.0. The summed E-state index contributed by atoms with van der Waals surface area (Å²) in [5.74, 6) is 0.829. The molecule has 0 aliphatic heterocycles. The van der Waals surface area contributed by atoms with Crippen molar-refractivity contribution in [1.82, 2.24) is 15.3 Å². The van der Waals surface area contributed by atoms with Crippen molar-refractivity contribution in [3.63, 3.8) is 0 Å². The fraction of sp³-hybridized carbons (Fsp3) is 0.500. The molecule has 0 unspecified atom stereocenters. The highest BCUT2D eigenvalue weighted by Gasteiger charge is 2.22. The number of amides is 1. The minimum absolute atomic E-state index is 0.0280. The average molecular weight is 329 g/mol. The van der Waals surface area contributed by atoms with Gasteiger partial charge in [0.05, 0.1) is 10.9 Å². The minimum atomic E-state index is -0.195. The van der Waals surface area contributed by atoms with Gasteiger partial charge in [0, 0.05) is 6.04 Å². The Morgan fingerprint density at radius 3 is 2.96 bits per heavy atom. The number of carbonyl (C=O) groups excluding carboxylic acids is 1. The summed E-state index contributed by atoms with van der Waals surface area (Å²) < 4.78 is 5.42. The third kappa shape index (κ3) is 4.00. The smallest absolute Gasteiger partial charge is 0.258 e. The van der Waals surface area contributed by atoms with Gasteiger partial charge in [-0.05, 0) is 30.9 Å². The van der Waals surface area contributed by atoms with Crippen molar-refractivity contribution >= 4 is 16.8 Å². The van der Waals surface area contributed by atoms with Crippen molar-refractivity contribution < 1.29 is 9.53 Å². The molecule has 1 aromatic carbocycles. The number of carbonyl (C=O) groups is 1. The van der Waals surface area contributed by atoms with E-state index in [9.17, 15) is 9.59 Å². The van der Waals surface area contributed by atoms with Crippen LogP contribution in [0, 0.1) is 5.92 Å². The first-order valence-corrected chi connectivity index (χ1v) is 8.48. The van der Waals surface area contributed by atoms with E-state index in [1.807, 2.05) is 6.07 Å². The van der Waals surface area contributed by atoms with Gasteiger partial charge in [-0.25, -0.2) is 4.98 Å². The highest BCUT2D eigenvalue weighted by Crippen LogP contribution is 2.23. The summed E-state index contributed by atoms with van der Waals surface area (Å²) in [5, 5.41) is 3.59. The minimum Gasteiger partial charge on any atom is -0.364 e. The number of hydrogen-bond acceptors (Lipinski definition) is 4. The van der Waals surface area contributed by atoms with Gasteiger partial charge < -0.3 is 15.0 Å². The van der Waals surface area contributed by atoms with Gasteiger partial charge in [0.2, 0.25) is 5.91 Å². The van der Waals surface area contributed by atoms with E-state index in [4.69, 9.17) is 4.74 Å². The van der Waals surface area contributed by atoms with Crippen LogP contribution in [0.3, 0.4) is 0 Å². The number of rotatable bonds is 5. The van der Waals surface area contributed by atoms with Crippen molar-refractivity contribution in [2.45, 2.75) is 45.3 Å². The lowest BCUT2D eigenvalue weighted by Gasteiger charge is -2.29. The number of aromatic amines is 1. The van der Waals surface area contributed by atoms with E-state index < -0.39 is 0 Å². The molecule has 0 bridgehead atoms. The molecular formula is C18H23N3O3. The Morgan fingerprint density at radius 1 is 1.33 bits per heavy atom. The number of nitrogens with zero attached hydrogens (tertiary/aromatic N) is 1. The molecule has 1 aliphatic carbocycles. The van der Waals surface area contributed by atoms with E-state index in [1.165, 1.54) is 12.8 Å². The Hall–Kier alpha value is -2.21. The zero-order valence-corrected chi connectivity index (χ0v) is 13.9. The molecule has 6 heteroatoms. The Balaban J connectivity index is 1.52. The first-order valence-electron chi connectivity index (χ1n) is 8.48. The summed E-state index contributed by atoms with van der Waals surface area (Å²) in [7, 11) is 0. The molecule has 2 aromatic rings. The summed E-state index contributed by atoms with van der Waals surface area (Å²) in [5.41, 5.74) is 0.431. The fourth-order valence-electron chi connectivity index (χ4n) is 3.22. The number of fused-ring (bicyclic) bond motifs is 1. The lowest BCUT2D eigenvalue weighted by atomic mass is 9.86. The molecule has 1 saturated carbocycles. The van der Waals surface area contributed by atoms with Crippen LogP contribution in [0.15, 0.2) is 29.1 Å². The van der Waals surface area contributed by atoms with Gasteiger partial charge >= 0.3 is 0 Å². The van der Waals surface area contributed by atoms with Gasteiger partial charge in [-0.1, -0.05) is 31.9 Å². The molecule has 128 valence electrons. The van der Waals surface area contributed by atoms with Crippen LogP contribution in [0.2, 0.25) is 0 Å². The number of benzene rings is 1. The van der Waals surface area contributed by atoms with Crippen LogP contribution in [-0.4, -0.2) is 28.5 Å². The summed E-state index contributed by atoms with van der Waals surface area (Å²) in [6.07, 6.45) is 4.60. The molecule has 24 heavy (non-hydrogen) atoms. The first kappa shape index (κ1) is 16.6. The standard InChI is InChI=1S/C18H23N3O3/c1-12-6-2-4-8-14(12)20-17(22)11-24-10-16-19-15-9-5-3-7-13(15)18(23)21-16/h3,5,7,9,12,14H,2,4,6,8,10-11H2,1H3,(H,20,22)(H,19,21,23)/t12-,14-/m1/s1. The Bertz CT molecular complexity index is 771. The third-order valence-corrected chi connectivity index (χ3v) is 4.59. The van der Waals surface area contributed by atoms with E-state index in [2.05, 4.69) is 22.2 Å². The van der Waals surface area contributed by atoms with Crippen molar-refractivity contribution in [3.05, 3.63) is 40.4 Å². The molecular weight excluding hydrogens is 306 g/mol. The number of nitrogens with one attached hydrogen (secondary N) is 2. The SMILES string of the molecule is C[C@@H]1CCCC[C@H]1NC(=O)COCc1nc2ccccc2c(=O)[nH]1. The molecule has 6 nitrogen and oxygen atoms in total.